The van der Waals surface area contributed by atoms with Crippen LogP contribution in [0.25, 0.3) is 11.3 Å². The lowest BCUT2D eigenvalue weighted by Crippen LogP contribution is -2.21. The molecule has 0 aliphatic carbocycles. The Labute approximate surface area is 201 Å². The first-order chi connectivity index (χ1) is 17.1. The normalized spacial score (nSPS) is 14.7. The van der Waals surface area contributed by atoms with Gasteiger partial charge in [0.15, 0.2) is 11.5 Å². The number of hydrogen-bond acceptors (Lipinski definition) is 6. The highest BCUT2D eigenvalue weighted by molar-refractivity contribution is 5.80. The molecule has 0 unspecified atom stereocenters. The van der Waals surface area contributed by atoms with Crippen molar-refractivity contribution in [2.75, 3.05) is 14.2 Å². The summed E-state index contributed by atoms with van der Waals surface area (Å²) >= 11 is 0. The number of methoxy groups -OCH3 is 2. The van der Waals surface area contributed by atoms with Crippen LogP contribution in [0.2, 0.25) is 0 Å². The summed E-state index contributed by atoms with van der Waals surface area (Å²) in [6.07, 6.45) is 0.147. The molecule has 178 valence electrons. The van der Waals surface area contributed by atoms with E-state index in [4.69, 9.17) is 18.9 Å². The first-order valence-corrected chi connectivity index (χ1v) is 11.0. The summed E-state index contributed by atoms with van der Waals surface area (Å²) in [4.78, 5) is 12.4. The number of hydrogen-bond donors (Lipinski definition) is 1. The molecule has 2 heterocycles. The fraction of sp³-hybridized carbons (Fsp3) is 0.185. The van der Waals surface area contributed by atoms with Gasteiger partial charge in [0.05, 0.1) is 31.9 Å². The number of ether oxygens (including phenoxy) is 4. The summed E-state index contributed by atoms with van der Waals surface area (Å²) in [5.74, 6) is 0.944. The fourth-order valence-electron chi connectivity index (χ4n) is 4.21. The van der Waals surface area contributed by atoms with Crippen molar-refractivity contribution >= 4 is 5.97 Å². The van der Waals surface area contributed by atoms with E-state index < -0.39 is 0 Å². The Morgan fingerprint density at radius 2 is 1.83 bits per heavy atom. The van der Waals surface area contributed by atoms with Gasteiger partial charge >= 0.3 is 5.97 Å². The molecule has 0 spiro atoms. The standard InChI is InChI=1S/C27H23FN2O5/c1-32-19-10-7-16(8-11-19)26-25-20(14-24(31)35-27(25)30-29-26)17-9-12-22(23(13-17)33-2)34-15-18-5-3-4-6-21(18)28/h3-13,20H,14-15H2,1-2H3,(H,29,30)/t20-/m0/s1. The van der Waals surface area contributed by atoms with Crippen molar-refractivity contribution in [1.82, 2.24) is 10.2 Å². The largest absolute Gasteiger partial charge is 0.497 e. The number of benzene rings is 3. The first-order valence-electron chi connectivity index (χ1n) is 11.0. The number of esters is 1. The first kappa shape index (κ1) is 22.5. The summed E-state index contributed by atoms with van der Waals surface area (Å²) in [7, 11) is 3.15. The minimum atomic E-state index is -0.367. The molecule has 5 rings (SSSR count). The van der Waals surface area contributed by atoms with Crippen LogP contribution in [0.1, 0.15) is 29.0 Å². The van der Waals surface area contributed by atoms with Gasteiger partial charge < -0.3 is 18.9 Å². The maximum Gasteiger partial charge on any atom is 0.313 e. The topological polar surface area (TPSA) is 82.7 Å². The minimum absolute atomic E-state index is 0.0611. The van der Waals surface area contributed by atoms with Gasteiger partial charge in [-0.2, -0.15) is 0 Å². The fourth-order valence-corrected chi connectivity index (χ4v) is 4.21. The van der Waals surface area contributed by atoms with E-state index >= 15 is 0 Å². The van der Waals surface area contributed by atoms with E-state index in [1.54, 1.807) is 31.4 Å². The number of aromatic amines is 1. The highest BCUT2D eigenvalue weighted by Gasteiger charge is 2.34. The molecule has 1 aromatic heterocycles. The zero-order valence-electron chi connectivity index (χ0n) is 19.2. The molecule has 0 bridgehead atoms. The lowest BCUT2D eigenvalue weighted by Gasteiger charge is -2.23. The molecule has 0 saturated heterocycles. The summed E-state index contributed by atoms with van der Waals surface area (Å²) in [6, 6.07) is 19.5. The van der Waals surface area contributed by atoms with Gasteiger partial charge in [0, 0.05) is 17.0 Å². The van der Waals surface area contributed by atoms with Gasteiger partial charge in [0.1, 0.15) is 18.2 Å². The molecule has 1 N–H and O–H groups in total. The quantitative estimate of drug-likeness (QED) is 0.368. The molecule has 1 aliphatic heterocycles. The van der Waals surface area contributed by atoms with Crippen molar-refractivity contribution in [2.24, 2.45) is 0 Å². The highest BCUT2D eigenvalue weighted by atomic mass is 19.1. The molecule has 8 heteroatoms. The van der Waals surface area contributed by atoms with Crippen molar-refractivity contribution in [3.8, 4) is 34.4 Å². The Morgan fingerprint density at radius 3 is 2.57 bits per heavy atom. The second kappa shape index (κ2) is 9.50. The van der Waals surface area contributed by atoms with Gasteiger partial charge in [0.2, 0.25) is 5.88 Å². The molecule has 4 aromatic rings. The number of carbonyl (C=O) groups is 1. The second-order valence-electron chi connectivity index (χ2n) is 8.07. The number of halogens is 1. The summed E-state index contributed by atoms with van der Waals surface area (Å²) in [5, 5.41) is 7.26. The number of H-pyrrole nitrogens is 1. The van der Waals surface area contributed by atoms with Crippen molar-refractivity contribution in [1.29, 1.82) is 0 Å². The van der Waals surface area contributed by atoms with E-state index in [0.717, 1.165) is 28.1 Å². The molecule has 1 aliphatic rings. The molecule has 0 fully saturated rings. The molecule has 35 heavy (non-hydrogen) atoms. The third-order valence-corrected chi connectivity index (χ3v) is 6.01. The van der Waals surface area contributed by atoms with Crippen LogP contribution in [0.3, 0.4) is 0 Å². The molecule has 3 aromatic carbocycles. The van der Waals surface area contributed by atoms with E-state index in [2.05, 4.69) is 10.2 Å². The zero-order valence-corrected chi connectivity index (χ0v) is 19.2. The molecule has 0 saturated carbocycles. The van der Waals surface area contributed by atoms with Crippen molar-refractivity contribution in [2.45, 2.75) is 18.9 Å². The molecule has 1 atom stereocenters. The van der Waals surface area contributed by atoms with Gasteiger partial charge in [-0.3, -0.25) is 9.89 Å². The van der Waals surface area contributed by atoms with E-state index in [-0.39, 0.29) is 36.6 Å². The zero-order chi connectivity index (χ0) is 24.4. The maximum atomic E-state index is 14.0. The van der Waals surface area contributed by atoms with Gasteiger partial charge in [-0.05, 0) is 48.0 Å². The van der Waals surface area contributed by atoms with Crippen LogP contribution in [0.15, 0.2) is 66.7 Å². The van der Waals surface area contributed by atoms with E-state index in [1.165, 1.54) is 13.2 Å². The van der Waals surface area contributed by atoms with Gasteiger partial charge in [-0.1, -0.05) is 24.3 Å². The van der Waals surface area contributed by atoms with Crippen LogP contribution < -0.4 is 18.9 Å². The number of carbonyl (C=O) groups excluding carboxylic acids is 1. The number of rotatable bonds is 7. The van der Waals surface area contributed by atoms with Crippen molar-refractivity contribution in [3.05, 3.63) is 89.2 Å². The highest BCUT2D eigenvalue weighted by Crippen LogP contribution is 2.44. The lowest BCUT2D eigenvalue weighted by molar-refractivity contribution is -0.135. The number of nitrogens with one attached hydrogen (secondary N) is 1. The minimum Gasteiger partial charge on any atom is -0.497 e. The van der Waals surface area contributed by atoms with Crippen molar-refractivity contribution < 1.29 is 28.1 Å². The maximum absolute atomic E-state index is 14.0. The van der Waals surface area contributed by atoms with Gasteiger partial charge in [-0.15, -0.1) is 5.10 Å². The van der Waals surface area contributed by atoms with E-state index in [1.807, 2.05) is 36.4 Å². The third-order valence-electron chi connectivity index (χ3n) is 6.01. The third kappa shape index (κ3) is 4.42. The smallest absolute Gasteiger partial charge is 0.313 e. The molecular weight excluding hydrogens is 451 g/mol. The second-order valence-corrected chi connectivity index (χ2v) is 8.07. The van der Waals surface area contributed by atoms with Crippen LogP contribution in [0.4, 0.5) is 4.39 Å². The Morgan fingerprint density at radius 1 is 1.03 bits per heavy atom. The van der Waals surface area contributed by atoms with Crippen molar-refractivity contribution in [3.63, 3.8) is 0 Å². The van der Waals surface area contributed by atoms with Crippen LogP contribution >= 0.6 is 0 Å². The van der Waals surface area contributed by atoms with Crippen LogP contribution in [-0.2, 0) is 11.4 Å². The van der Waals surface area contributed by atoms with Crippen LogP contribution in [0.5, 0.6) is 23.1 Å². The summed E-state index contributed by atoms with van der Waals surface area (Å²) in [6.45, 7) is 0.0611. The van der Waals surface area contributed by atoms with Gasteiger partial charge in [-0.25, -0.2) is 4.39 Å². The Balaban J connectivity index is 1.48. The molecular formula is C27H23FN2O5. The molecule has 0 radical (unpaired) electrons. The van der Waals surface area contributed by atoms with E-state index in [9.17, 15) is 9.18 Å². The summed E-state index contributed by atoms with van der Waals surface area (Å²) < 4.78 is 36.0. The monoisotopic (exact) mass is 474 g/mol. The Kier molecular flexibility index (Phi) is 6.10. The molecule has 0 amide bonds. The number of nitrogens with zero attached hydrogens (tertiary/aromatic N) is 1. The van der Waals surface area contributed by atoms with Gasteiger partial charge in [0.25, 0.3) is 0 Å². The average molecular weight is 474 g/mol. The predicted octanol–water partition coefficient (Wildman–Crippen LogP) is 5.25. The molecule has 7 nitrogen and oxygen atoms in total. The average Bonchev–Trinajstić information content (AvgIpc) is 3.31. The van der Waals surface area contributed by atoms with E-state index in [0.29, 0.717) is 17.1 Å². The Hall–Kier alpha value is -4.33. The predicted molar refractivity (Wildman–Crippen MR) is 126 cm³/mol. The van der Waals surface area contributed by atoms with Crippen LogP contribution in [0, 0.1) is 5.82 Å². The SMILES string of the molecule is COc1ccc(-c2[nH]nc3c2[C@H](c2ccc(OCc4ccccc4F)c(OC)c2)CC(=O)O3)cc1. The number of aromatic nitrogens is 2. The lowest BCUT2D eigenvalue weighted by atomic mass is 9.85. The number of fused-ring (bicyclic) bond motifs is 1. The summed E-state index contributed by atoms with van der Waals surface area (Å²) in [5.41, 5.74) is 3.73. The Bertz CT molecular complexity index is 1370. The van der Waals surface area contributed by atoms with Crippen LogP contribution in [-0.4, -0.2) is 30.4 Å².